The SMILES string of the molecule is [2H]c1c([2H])c([2H])c(-c2cc3c4c(c2)N(c2cccc5c2oc2c(-n6c7ccc(C(C)(C)C)cc7c7cc(C(C)(C)C)ccc76)cccc25)c2cc(-c5cc(C(C)(C)C)cc(C(C)(C)C)c5)ccc2B4c2ccc(-n4c5c([2H])c([2H])c([2H])c([2H])c5c5c([2H])c([2H])c([2H])c([2H])c54)cc2N3c2cc(-c3ccccc3)cc(-c3ccccc3)c2)c([2H])c1[2H]. The van der Waals surface area contributed by atoms with Crippen molar-refractivity contribution in [2.24, 2.45) is 0 Å². The monoisotopic (exact) mass is 1380 g/mol. The lowest BCUT2D eigenvalue weighted by Crippen LogP contribution is -2.61. The van der Waals surface area contributed by atoms with E-state index in [4.69, 9.17) is 8.53 Å². The normalized spacial score (nSPS) is 14.9. The van der Waals surface area contributed by atoms with E-state index in [0.717, 1.165) is 105 Å². The summed E-state index contributed by atoms with van der Waals surface area (Å²) in [5.41, 5.74) is 20.1. The molecule has 14 aromatic carbocycles. The fourth-order valence-corrected chi connectivity index (χ4v) is 16.4. The number of hydrogen-bond donors (Lipinski definition) is 0. The van der Waals surface area contributed by atoms with Gasteiger partial charge in [-0.15, -0.1) is 0 Å². The fraction of sp³-hybridized carbons (Fsp3) is 0.160. The van der Waals surface area contributed by atoms with Gasteiger partial charge in [0.15, 0.2) is 11.2 Å². The second-order valence-corrected chi connectivity index (χ2v) is 32.8. The predicted molar refractivity (Wildman–Crippen MR) is 453 cm³/mol. The molecule has 0 bridgehead atoms. The molecule has 514 valence electrons. The Bertz CT molecular complexity index is 7010. The van der Waals surface area contributed by atoms with Crippen LogP contribution in [0.1, 0.15) is 123 Å². The molecule has 0 radical (unpaired) electrons. The van der Waals surface area contributed by atoms with Crippen LogP contribution in [0.25, 0.3) is 121 Å². The quantitative estimate of drug-likeness (QED) is 0.142. The fourth-order valence-electron chi connectivity index (χ4n) is 16.4. The minimum atomic E-state index is -0.700. The minimum absolute atomic E-state index is 0.0436. The summed E-state index contributed by atoms with van der Waals surface area (Å²) in [6, 6.07) is 69.6. The molecule has 0 amide bonds. The lowest BCUT2D eigenvalue weighted by Gasteiger charge is -2.44. The smallest absolute Gasteiger partial charge is 0.252 e. The molecule has 5 heterocycles. The predicted octanol–water partition coefficient (Wildman–Crippen LogP) is 25.7. The number of aromatic nitrogens is 2. The first-order chi connectivity index (χ1) is 56.5. The minimum Gasteiger partial charge on any atom is -0.452 e. The zero-order valence-electron chi connectivity index (χ0n) is 74.6. The second-order valence-electron chi connectivity index (χ2n) is 32.8. The molecule has 0 spiro atoms. The molecule has 19 rings (SSSR count). The van der Waals surface area contributed by atoms with Crippen molar-refractivity contribution in [2.75, 3.05) is 9.80 Å². The van der Waals surface area contributed by atoms with Gasteiger partial charge in [0.05, 0.1) is 51.3 Å². The van der Waals surface area contributed by atoms with Gasteiger partial charge in [0.2, 0.25) is 0 Å². The van der Waals surface area contributed by atoms with Crippen LogP contribution in [0.2, 0.25) is 0 Å². The van der Waals surface area contributed by atoms with Gasteiger partial charge in [-0.1, -0.05) is 283 Å². The lowest BCUT2D eigenvalue weighted by atomic mass is 9.33. The molecule has 17 aromatic rings. The Morgan fingerprint density at radius 1 is 0.274 bits per heavy atom. The molecule has 0 fully saturated rings. The highest BCUT2D eigenvalue weighted by atomic mass is 16.3. The molecule has 2 aliphatic rings. The molecule has 0 N–H and O–H groups in total. The maximum atomic E-state index is 10.0. The Hall–Kier alpha value is -11.9. The van der Waals surface area contributed by atoms with Crippen molar-refractivity contribution in [3.63, 3.8) is 0 Å². The summed E-state index contributed by atoms with van der Waals surface area (Å²) in [5.74, 6) is 0. The van der Waals surface area contributed by atoms with Crippen LogP contribution in [0.4, 0.5) is 34.1 Å². The number of para-hydroxylation sites is 4. The molecule has 0 saturated carbocycles. The van der Waals surface area contributed by atoms with Crippen molar-refractivity contribution < 1.29 is 22.2 Å². The number of anilines is 6. The van der Waals surface area contributed by atoms with Gasteiger partial charge in [0, 0.05) is 66.4 Å². The zero-order valence-corrected chi connectivity index (χ0v) is 61.6. The molecule has 6 heteroatoms. The Kier molecular flexibility index (Phi) is 11.7. The maximum absolute atomic E-state index is 10.0. The Morgan fingerprint density at radius 3 is 1.30 bits per heavy atom. The summed E-state index contributed by atoms with van der Waals surface area (Å²) in [6.45, 7) is 26.2. The third-order valence-electron chi connectivity index (χ3n) is 22.0. The third kappa shape index (κ3) is 10.5. The van der Waals surface area contributed by atoms with Gasteiger partial charge in [0.1, 0.15) is 0 Å². The van der Waals surface area contributed by atoms with E-state index >= 15 is 0 Å². The van der Waals surface area contributed by atoms with Crippen LogP contribution in [0.5, 0.6) is 0 Å². The van der Waals surface area contributed by atoms with E-state index in [1.807, 2.05) is 66.7 Å². The highest BCUT2D eigenvalue weighted by Crippen LogP contribution is 2.52. The standard InChI is InChI=1S/C100H85BN4O/c1-97(2,3)70-43-48-86-80(59-70)81-60-71(98(4,5)6)44-49-87(81)104(86)88-40-26-36-78-79-37-27-41-89(96(79)106-95(78)88)105-90-55-65(68-51-72(99(7,8)9)58-73(52-68)100(10,11)12)42-46-82(90)101-83-47-45-74(102-84-38-24-22-34-76(84)77-35-23-25-39-85(77)102)61-91(83)103(92-56-69(57-93(105)94(92)101)64-32-20-15-21-33-64)75-53-66(62-28-16-13-17-29-62)50-67(54-75)63-30-18-14-19-31-63/h13-61H,1-12H3/i15D,20D,21D,22D,23D,24D,25D,32D,33D,34D,35D,38D,39D. The Balaban J connectivity index is 0.973. The molecule has 2 aliphatic heterocycles. The molecule has 5 nitrogen and oxygen atoms in total. The third-order valence-corrected chi connectivity index (χ3v) is 22.0. The van der Waals surface area contributed by atoms with Gasteiger partial charge in [-0.2, -0.15) is 0 Å². The summed E-state index contributed by atoms with van der Waals surface area (Å²) in [5, 5.41) is 3.82. The Morgan fingerprint density at radius 2 is 0.745 bits per heavy atom. The van der Waals surface area contributed by atoms with Crippen LogP contribution >= 0.6 is 0 Å². The molecule has 0 atom stereocenters. The zero-order chi connectivity index (χ0) is 83.8. The van der Waals surface area contributed by atoms with E-state index in [-0.39, 0.29) is 49.0 Å². The van der Waals surface area contributed by atoms with Crippen LogP contribution < -0.4 is 26.2 Å². The molecule has 106 heavy (non-hydrogen) atoms. The number of hydrogen-bond acceptors (Lipinski definition) is 3. The van der Waals surface area contributed by atoms with Gasteiger partial charge in [-0.05, 0) is 202 Å². The lowest BCUT2D eigenvalue weighted by molar-refractivity contribution is 0.569. The average molecular weight is 1380 g/mol. The summed E-state index contributed by atoms with van der Waals surface area (Å²) in [7, 11) is 0. The molecule has 0 aliphatic carbocycles. The van der Waals surface area contributed by atoms with Crippen molar-refractivity contribution >= 4 is 123 Å². The number of rotatable bonds is 8. The van der Waals surface area contributed by atoms with E-state index in [9.17, 15) is 13.7 Å². The topological polar surface area (TPSA) is 29.5 Å². The van der Waals surface area contributed by atoms with Gasteiger partial charge in [-0.25, -0.2) is 0 Å². The first-order valence-electron chi connectivity index (χ1n) is 43.1. The first-order valence-corrected chi connectivity index (χ1v) is 36.6. The van der Waals surface area contributed by atoms with Gasteiger partial charge < -0.3 is 23.4 Å². The molecular formula is C100H85BN4O. The summed E-state index contributed by atoms with van der Waals surface area (Å²) in [4.78, 5) is 4.40. The molecule has 0 unspecified atom stereocenters. The molecule has 0 saturated heterocycles. The van der Waals surface area contributed by atoms with Crippen LogP contribution in [-0.4, -0.2) is 15.8 Å². The van der Waals surface area contributed by atoms with Crippen molar-refractivity contribution in [2.45, 2.75) is 105 Å². The second kappa shape index (κ2) is 23.8. The van der Waals surface area contributed by atoms with Crippen LogP contribution in [0, 0.1) is 0 Å². The van der Waals surface area contributed by atoms with Crippen LogP contribution in [-0.2, 0) is 21.7 Å². The number of benzene rings is 14. The van der Waals surface area contributed by atoms with E-state index in [0.29, 0.717) is 50.9 Å². The summed E-state index contributed by atoms with van der Waals surface area (Å²) < 4.78 is 135. The highest BCUT2D eigenvalue weighted by Gasteiger charge is 2.45. The number of furan rings is 1. The summed E-state index contributed by atoms with van der Waals surface area (Å²) >= 11 is 0. The van der Waals surface area contributed by atoms with Gasteiger partial charge in [-0.3, -0.25) is 0 Å². The number of nitrogens with zero attached hydrogens (tertiary/aromatic N) is 4. The summed E-state index contributed by atoms with van der Waals surface area (Å²) in [6.07, 6.45) is 0. The van der Waals surface area contributed by atoms with E-state index in [1.54, 1.807) is 4.57 Å². The maximum Gasteiger partial charge on any atom is 0.252 e. The van der Waals surface area contributed by atoms with Gasteiger partial charge in [0.25, 0.3) is 6.71 Å². The first kappa shape index (κ1) is 52.2. The number of fused-ring (bicyclic) bond motifs is 13. The van der Waals surface area contributed by atoms with E-state index in [1.165, 1.54) is 11.1 Å². The van der Waals surface area contributed by atoms with Crippen molar-refractivity contribution in [3.05, 3.63) is 319 Å². The van der Waals surface area contributed by atoms with Crippen LogP contribution in [0.3, 0.4) is 0 Å². The average Bonchev–Trinajstić information content (AvgIpc) is 1.63. The van der Waals surface area contributed by atoms with Crippen molar-refractivity contribution in [1.29, 1.82) is 0 Å². The van der Waals surface area contributed by atoms with Crippen molar-refractivity contribution in [3.8, 4) is 55.9 Å². The van der Waals surface area contributed by atoms with E-state index in [2.05, 4.69) is 249 Å². The Labute approximate surface area is 640 Å². The largest absolute Gasteiger partial charge is 0.452 e. The highest BCUT2D eigenvalue weighted by molar-refractivity contribution is 7.00. The van der Waals surface area contributed by atoms with E-state index < -0.39 is 85.3 Å². The molecular weight excluding hydrogens is 1280 g/mol. The van der Waals surface area contributed by atoms with Gasteiger partial charge >= 0.3 is 0 Å². The molecule has 3 aromatic heterocycles. The van der Waals surface area contributed by atoms with Crippen molar-refractivity contribution in [1.82, 2.24) is 9.13 Å². The van der Waals surface area contributed by atoms with Crippen LogP contribution in [0.15, 0.2) is 301 Å².